The minimum atomic E-state index is 0.470. The summed E-state index contributed by atoms with van der Waals surface area (Å²) in [6.45, 7) is 7.30. The van der Waals surface area contributed by atoms with Gasteiger partial charge in [-0.2, -0.15) is 0 Å². The van der Waals surface area contributed by atoms with E-state index in [1.165, 1.54) is 4.90 Å². The topological polar surface area (TPSA) is 54.9 Å². The summed E-state index contributed by atoms with van der Waals surface area (Å²) >= 11 is 1.87. The van der Waals surface area contributed by atoms with Gasteiger partial charge in [-0.3, -0.25) is 4.99 Å². The molecule has 0 bridgehead atoms. The molecule has 1 saturated heterocycles. The molecule has 1 aromatic carbocycles. The molecule has 1 aromatic rings. The van der Waals surface area contributed by atoms with Crippen LogP contribution in [-0.4, -0.2) is 57.8 Å². The van der Waals surface area contributed by atoms with Crippen LogP contribution in [0, 0.1) is 5.92 Å². The van der Waals surface area contributed by atoms with E-state index in [0.29, 0.717) is 11.2 Å². The molecule has 0 aliphatic carbocycles. The van der Waals surface area contributed by atoms with Crippen molar-refractivity contribution in [1.29, 1.82) is 0 Å². The number of nitrogens with zero attached hydrogens (tertiary/aromatic N) is 1. The van der Waals surface area contributed by atoms with Crippen molar-refractivity contribution in [3.05, 3.63) is 30.3 Å². The van der Waals surface area contributed by atoms with Crippen molar-refractivity contribution < 1.29 is 9.47 Å². The second-order valence-electron chi connectivity index (χ2n) is 6.28. The lowest BCUT2D eigenvalue weighted by atomic mass is 10.1. The molecule has 25 heavy (non-hydrogen) atoms. The molecule has 1 heterocycles. The molecule has 1 fully saturated rings. The smallest absolute Gasteiger partial charge is 0.191 e. The van der Waals surface area contributed by atoms with E-state index in [0.717, 1.165) is 58.3 Å². The fourth-order valence-electron chi connectivity index (χ4n) is 2.58. The van der Waals surface area contributed by atoms with Crippen molar-refractivity contribution in [2.45, 2.75) is 29.9 Å². The Bertz CT molecular complexity index is 493. The van der Waals surface area contributed by atoms with Gasteiger partial charge in [0.05, 0.1) is 13.2 Å². The van der Waals surface area contributed by atoms with E-state index < -0.39 is 0 Å². The van der Waals surface area contributed by atoms with Gasteiger partial charge in [-0.1, -0.05) is 25.1 Å². The lowest BCUT2D eigenvalue weighted by molar-refractivity contribution is 0.0888. The first-order valence-corrected chi connectivity index (χ1v) is 9.97. The summed E-state index contributed by atoms with van der Waals surface area (Å²) in [5, 5.41) is 7.20. The van der Waals surface area contributed by atoms with E-state index >= 15 is 0 Å². The fourth-order valence-corrected chi connectivity index (χ4v) is 3.53. The summed E-state index contributed by atoms with van der Waals surface area (Å²) in [5.74, 6) is 1.44. The van der Waals surface area contributed by atoms with Crippen LogP contribution in [0.5, 0.6) is 0 Å². The largest absolute Gasteiger partial charge is 0.381 e. The van der Waals surface area contributed by atoms with Crippen LogP contribution in [0.15, 0.2) is 40.2 Å². The van der Waals surface area contributed by atoms with Crippen molar-refractivity contribution in [2.24, 2.45) is 10.9 Å². The summed E-state index contributed by atoms with van der Waals surface area (Å²) in [4.78, 5) is 5.57. The highest BCUT2D eigenvalue weighted by Crippen LogP contribution is 2.21. The number of hydrogen-bond donors (Lipinski definition) is 2. The Labute approximate surface area is 156 Å². The van der Waals surface area contributed by atoms with E-state index in [4.69, 9.17) is 9.47 Å². The maximum atomic E-state index is 5.71. The minimum absolute atomic E-state index is 0.470. The van der Waals surface area contributed by atoms with Crippen LogP contribution in [0.25, 0.3) is 0 Å². The third kappa shape index (κ3) is 8.61. The van der Waals surface area contributed by atoms with Crippen LogP contribution < -0.4 is 10.6 Å². The maximum Gasteiger partial charge on any atom is 0.191 e. The lowest BCUT2D eigenvalue weighted by Gasteiger charge is -2.16. The van der Waals surface area contributed by atoms with E-state index in [1.807, 2.05) is 17.8 Å². The summed E-state index contributed by atoms with van der Waals surface area (Å²) in [7, 11) is 1.81. The van der Waals surface area contributed by atoms with E-state index in [2.05, 4.69) is 46.8 Å². The summed E-state index contributed by atoms with van der Waals surface area (Å²) < 4.78 is 11.1. The number of benzene rings is 1. The van der Waals surface area contributed by atoms with Crippen molar-refractivity contribution in [2.75, 3.05) is 46.6 Å². The van der Waals surface area contributed by atoms with E-state index in [-0.39, 0.29) is 0 Å². The van der Waals surface area contributed by atoms with Crippen LogP contribution in [0.4, 0.5) is 0 Å². The van der Waals surface area contributed by atoms with Gasteiger partial charge >= 0.3 is 0 Å². The molecule has 2 unspecified atom stereocenters. The predicted octanol–water partition coefficient (Wildman–Crippen LogP) is 2.78. The van der Waals surface area contributed by atoms with Crippen LogP contribution in [0.2, 0.25) is 0 Å². The minimum Gasteiger partial charge on any atom is -0.381 e. The van der Waals surface area contributed by atoms with Gasteiger partial charge in [-0.25, -0.2) is 0 Å². The SMILES string of the molecule is CN=C(NCCCOCC1CCOC1)NCC(C)Sc1ccccc1. The Morgan fingerprint density at radius 2 is 2.20 bits per heavy atom. The summed E-state index contributed by atoms with van der Waals surface area (Å²) in [5.41, 5.74) is 0. The van der Waals surface area contributed by atoms with Gasteiger partial charge in [0.1, 0.15) is 0 Å². The van der Waals surface area contributed by atoms with E-state index in [1.54, 1.807) is 7.05 Å². The van der Waals surface area contributed by atoms with Crippen LogP contribution in [0.1, 0.15) is 19.8 Å². The Balaban J connectivity index is 1.51. The molecule has 0 radical (unpaired) electrons. The molecule has 2 N–H and O–H groups in total. The number of aliphatic imine (C=N–C) groups is 1. The second-order valence-corrected chi connectivity index (χ2v) is 7.79. The highest BCUT2D eigenvalue weighted by atomic mass is 32.2. The molecule has 2 rings (SSSR count). The Morgan fingerprint density at radius 1 is 1.36 bits per heavy atom. The highest BCUT2D eigenvalue weighted by Gasteiger charge is 2.15. The maximum absolute atomic E-state index is 5.71. The molecular formula is C19H31N3O2S. The lowest BCUT2D eigenvalue weighted by Crippen LogP contribution is -2.40. The Morgan fingerprint density at radius 3 is 2.92 bits per heavy atom. The predicted molar refractivity (Wildman–Crippen MR) is 105 cm³/mol. The standard InChI is InChI=1S/C19H31N3O2S/c1-16(25-18-7-4-3-5-8-18)13-22-19(20-2)21-10-6-11-23-14-17-9-12-24-15-17/h3-5,7-8,16-17H,6,9-15H2,1-2H3,(H2,20,21,22). The van der Waals surface area contributed by atoms with Crippen molar-refractivity contribution in [3.8, 4) is 0 Å². The van der Waals surface area contributed by atoms with Gasteiger partial charge < -0.3 is 20.1 Å². The summed E-state index contributed by atoms with van der Waals surface area (Å²) in [6.07, 6.45) is 2.11. The van der Waals surface area contributed by atoms with Crippen molar-refractivity contribution >= 4 is 17.7 Å². The molecule has 0 spiro atoms. The molecule has 6 heteroatoms. The van der Waals surface area contributed by atoms with Gasteiger partial charge in [0.25, 0.3) is 0 Å². The summed E-state index contributed by atoms with van der Waals surface area (Å²) in [6, 6.07) is 10.5. The number of ether oxygens (including phenoxy) is 2. The molecular weight excluding hydrogens is 334 g/mol. The normalized spacial score (nSPS) is 19.0. The fraction of sp³-hybridized carbons (Fsp3) is 0.632. The molecule has 0 amide bonds. The van der Waals surface area contributed by atoms with Gasteiger partial charge in [-0.15, -0.1) is 11.8 Å². The average molecular weight is 366 g/mol. The quantitative estimate of drug-likeness (QED) is 0.289. The van der Waals surface area contributed by atoms with Gasteiger partial charge in [0.15, 0.2) is 5.96 Å². The number of guanidine groups is 1. The van der Waals surface area contributed by atoms with Crippen LogP contribution in [0.3, 0.4) is 0 Å². The zero-order chi connectivity index (χ0) is 17.7. The van der Waals surface area contributed by atoms with Crippen LogP contribution >= 0.6 is 11.8 Å². The van der Waals surface area contributed by atoms with Gasteiger partial charge in [-0.05, 0) is 25.0 Å². The first-order valence-electron chi connectivity index (χ1n) is 9.09. The number of thioether (sulfide) groups is 1. The molecule has 140 valence electrons. The number of rotatable bonds is 10. The molecule has 1 aliphatic rings. The zero-order valence-corrected chi connectivity index (χ0v) is 16.2. The van der Waals surface area contributed by atoms with Gasteiger partial charge in [0, 0.05) is 49.4 Å². The van der Waals surface area contributed by atoms with E-state index in [9.17, 15) is 0 Å². The molecule has 0 aromatic heterocycles. The highest BCUT2D eigenvalue weighted by molar-refractivity contribution is 8.00. The zero-order valence-electron chi connectivity index (χ0n) is 15.4. The van der Waals surface area contributed by atoms with Crippen molar-refractivity contribution in [3.63, 3.8) is 0 Å². The van der Waals surface area contributed by atoms with Gasteiger partial charge in [0.2, 0.25) is 0 Å². The first-order chi connectivity index (χ1) is 12.3. The first kappa shape index (κ1) is 20.1. The molecule has 0 saturated carbocycles. The molecule has 1 aliphatic heterocycles. The third-order valence-electron chi connectivity index (χ3n) is 4.00. The Kier molecular flexibility index (Phi) is 9.77. The monoisotopic (exact) mass is 365 g/mol. The Hall–Kier alpha value is -1.24. The third-order valence-corrected chi connectivity index (χ3v) is 5.11. The molecule has 2 atom stereocenters. The van der Waals surface area contributed by atoms with Crippen LogP contribution in [-0.2, 0) is 9.47 Å². The molecule has 5 nitrogen and oxygen atoms in total. The number of hydrogen-bond acceptors (Lipinski definition) is 4. The number of nitrogens with one attached hydrogen (secondary N) is 2. The van der Waals surface area contributed by atoms with Crippen molar-refractivity contribution in [1.82, 2.24) is 10.6 Å². The second kappa shape index (κ2) is 12.2. The average Bonchev–Trinajstić information content (AvgIpc) is 3.15.